The largest absolute Gasteiger partial charge is 0.433 e. The number of aromatic nitrogens is 1. The molecule has 0 aliphatic carbocycles. The lowest BCUT2D eigenvalue weighted by molar-refractivity contribution is -0.158. The van der Waals surface area contributed by atoms with Crippen molar-refractivity contribution in [2.45, 2.75) is 13.0 Å². The molecule has 2 heterocycles. The van der Waals surface area contributed by atoms with E-state index in [1.807, 2.05) is 4.90 Å². The Morgan fingerprint density at radius 1 is 1.39 bits per heavy atom. The van der Waals surface area contributed by atoms with E-state index in [1.54, 1.807) is 24.4 Å². The zero-order valence-electron chi connectivity index (χ0n) is 15.2. The highest BCUT2D eigenvalue weighted by molar-refractivity contribution is 6.08. The maximum absolute atomic E-state index is 12.9. The van der Waals surface area contributed by atoms with E-state index < -0.39 is 6.11 Å². The average molecular weight is 386 g/mol. The number of rotatable bonds is 7. The first-order valence-corrected chi connectivity index (χ1v) is 8.66. The Bertz CT molecular complexity index is 898. The fourth-order valence-electron chi connectivity index (χ4n) is 2.92. The molecule has 1 aliphatic rings. The van der Waals surface area contributed by atoms with Crippen LogP contribution in [-0.4, -0.2) is 36.4 Å². The third kappa shape index (κ3) is 4.35. The van der Waals surface area contributed by atoms with Crippen molar-refractivity contribution in [1.29, 1.82) is 10.7 Å². The van der Waals surface area contributed by atoms with E-state index >= 15 is 0 Å². The van der Waals surface area contributed by atoms with E-state index in [1.165, 1.54) is 12.1 Å². The number of nitrogens with zero attached hydrogens (tertiary/aromatic N) is 3. The van der Waals surface area contributed by atoms with Crippen molar-refractivity contribution in [2.75, 3.05) is 29.9 Å². The third-order valence-corrected chi connectivity index (χ3v) is 4.25. The lowest BCUT2D eigenvalue weighted by Gasteiger charge is -2.38. The quantitative estimate of drug-likeness (QED) is 0.631. The Balaban J connectivity index is 1.85. The van der Waals surface area contributed by atoms with Gasteiger partial charge in [0.2, 0.25) is 0 Å². The van der Waals surface area contributed by atoms with Crippen LogP contribution in [-0.2, 0) is 0 Å². The summed E-state index contributed by atoms with van der Waals surface area (Å²) < 4.78 is 30.4. The molecule has 28 heavy (non-hydrogen) atoms. The summed E-state index contributed by atoms with van der Waals surface area (Å²) in [6.07, 6.45) is -1.65. The third-order valence-electron chi connectivity index (χ3n) is 4.25. The fourth-order valence-corrected chi connectivity index (χ4v) is 2.92. The van der Waals surface area contributed by atoms with Crippen LogP contribution in [0, 0.1) is 22.7 Å². The van der Waals surface area contributed by atoms with E-state index in [-0.39, 0.29) is 23.9 Å². The van der Waals surface area contributed by atoms with E-state index in [9.17, 15) is 8.78 Å². The van der Waals surface area contributed by atoms with Crippen molar-refractivity contribution in [3.63, 3.8) is 0 Å². The van der Waals surface area contributed by atoms with Crippen molar-refractivity contribution in [1.82, 2.24) is 4.98 Å². The van der Waals surface area contributed by atoms with Crippen LogP contribution in [0.15, 0.2) is 36.5 Å². The SMILES string of the molecule is CC(F)(F)Oc1ccc(Nc2nccc(N3CC(C#N)C3)c2C(=N)CN)cc1. The predicted molar refractivity (Wildman–Crippen MR) is 102 cm³/mol. The molecule has 7 nitrogen and oxygen atoms in total. The molecule has 146 valence electrons. The second-order valence-electron chi connectivity index (χ2n) is 6.53. The number of nitrogens with two attached hydrogens (primary N) is 1. The number of nitriles is 1. The van der Waals surface area contributed by atoms with E-state index in [2.05, 4.69) is 21.1 Å². The highest BCUT2D eigenvalue weighted by atomic mass is 19.3. The van der Waals surface area contributed by atoms with E-state index in [4.69, 9.17) is 16.4 Å². The van der Waals surface area contributed by atoms with Gasteiger partial charge in [-0.15, -0.1) is 0 Å². The molecule has 1 saturated heterocycles. The van der Waals surface area contributed by atoms with Crippen LogP contribution in [0.5, 0.6) is 5.75 Å². The van der Waals surface area contributed by atoms with Gasteiger partial charge in [0.25, 0.3) is 0 Å². The lowest BCUT2D eigenvalue weighted by Crippen LogP contribution is -2.46. The number of alkyl halides is 2. The molecule has 0 radical (unpaired) electrons. The minimum atomic E-state index is -3.26. The van der Waals surface area contributed by atoms with Gasteiger partial charge in [-0.3, -0.25) is 0 Å². The van der Waals surface area contributed by atoms with Gasteiger partial charge >= 0.3 is 6.11 Å². The number of hydrogen-bond acceptors (Lipinski definition) is 7. The normalized spacial score (nSPS) is 14.2. The summed E-state index contributed by atoms with van der Waals surface area (Å²) in [5, 5.41) is 20.3. The number of ether oxygens (including phenoxy) is 1. The zero-order chi connectivity index (χ0) is 20.3. The van der Waals surface area contributed by atoms with Gasteiger partial charge < -0.3 is 26.1 Å². The zero-order valence-corrected chi connectivity index (χ0v) is 15.2. The fraction of sp³-hybridized carbons (Fsp3) is 0.316. The van der Waals surface area contributed by atoms with Crippen LogP contribution in [0.2, 0.25) is 0 Å². The van der Waals surface area contributed by atoms with Gasteiger partial charge in [-0.25, -0.2) is 4.98 Å². The van der Waals surface area contributed by atoms with Crippen molar-refractivity contribution >= 4 is 22.9 Å². The molecule has 0 amide bonds. The maximum Gasteiger partial charge on any atom is 0.394 e. The first kappa shape index (κ1) is 19.5. The van der Waals surface area contributed by atoms with Crippen LogP contribution in [0.4, 0.5) is 26.0 Å². The topological polar surface area (TPSA) is 111 Å². The van der Waals surface area contributed by atoms with Gasteiger partial charge in [0.1, 0.15) is 11.6 Å². The Morgan fingerprint density at radius 3 is 2.64 bits per heavy atom. The summed E-state index contributed by atoms with van der Waals surface area (Å²) in [4.78, 5) is 6.32. The van der Waals surface area contributed by atoms with Crippen molar-refractivity contribution in [2.24, 2.45) is 11.7 Å². The number of nitrogens with one attached hydrogen (secondary N) is 2. The predicted octanol–water partition coefficient (Wildman–Crippen LogP) is 3.10. The Morgan fingerprint density at radius 2 is 2.07 bits per heavy atom. The minimum absolute atomic E-state index is 0.0290. The average Bonchev–Trinajstić information content (AvgIpc) is 2.61. The summed E-state index contributed by atoms with van der Waals surface area (Å²) >= 11 is 0. The molecule has 3 rings (SSSR count). The van der Waals surface area contributed by atoms with Crippen molar-refractivity contribution in [3.8, 4) is 11.8 Å². The Hall–Kier alpha value is -3.25. The molecule has 1 fully saturated rings. The summed E-state index contributed by atoms with van der Waals surface area (Å²) in [5.74, 6) is 0.439. The summed E-state index contributed by atoms with van der Waals surface area (Å²) in [6.45, 7) is 1.87. The number of halogens is 2. The van der Waals surface area contributed by atoms with Gasteiger partial charge in [0.05, 0.1) is 28.9 Å². The van der Waals surface area contributed by atoms with Crippen molar-refractivity contribution < 1.29 is 13.5 Å². The number of anilines is 3. The second kappa shape index (κ2) is 7.78. The van der Waals surface area contributed by atoms with Crippen LogP contribution < -0.4 is 20.7 Å². The van der Waals surface area contributed by atoms with Crippen LogP contribution in [0.25, 0.3) is 0 Å². The van der Waals surface area contributed by atoms with Crippen molar-refractivity contribution in [3.05, 3.63) is 42.1 Å². The maximum atomic E-state index is 12.9. The molecular weight excluding hydrogens is 366 g/mol. The second-order valence-corrected chi connectivity index (χ2v) is 6.53. The molecule has 9 heteroatoms. The molecular formula is C19H20F2N6O. The van der Waals surface area contributed by atoms with Crippen LogP contribution in [0.3, 0.4) is 0 Å². The van der Waals surface area contributed by atoms with E-state index in [0.717, 1.165) is 5.69 Å². The van der Waals surface area contributed by atoms with Crippen LogP contribution >= 0.6 is 0 Å². The molecule has 1 aromatic carbocycles. The monoisotopic (exact) mass is 386 g/mol. The van der Waals surface area contributed by atoms with Crippen LogP contribution in [0.1, 0.15) is 12.5 Å². The highest BCUT2D eigenvalue weighted by Gasteiger charge is 2.30. The van der Waals surface area contributed by atoms with Gasteiger partial charge in [-0.2, -0.15) is 14.0 Å². The summed E-state index contributed by atoms with van der Waals surface area (Å²) in [7, 11) is 0. The number of hydrogen-bond donors (Lipinski definition) is 3. The highest BCUT2D eigenvalue weighted by Crippen LogP contribution is 2.33. The minimum Gasteiger partial charge on any atom is -0.433 e. The van der Waals surface area contributed by atoms with Gasteiger partial charge in [-0.1, -0.05) is 0 Å². The molecule has 0 atom stereocenters. The molecule has 0 unspecified atom stereocenters. The van der Waals surface area contributed by atoms with Gasteiger partial charge in [0.15, 0.2) is 0 Å². The van der Waals surface area contributed by atoms with Gasteiger partial charge in [0, 0.05) is 38.4 Å². The molecule has 0 spiro atoms. The first-order valence-electron chi connectivity index (χ1n) is 8.66. The number of benzene rings is 1. The Kier molecular flexibility index (Phi) is 5.42. The smallest absolute Gasteiger partial charge is 0.394 e. The van der Waals surface area contributed by atoms with E-state index in [0.29, 0.717) is 37.1 Å². The standard InChI is InChI=1S/C19H20F2N6O/c1-19(20,21)28-14-4-2-13(3-5-14)26-18-17(15(24)9-23)16(6-7-25-18)27-10-12(8-22)11-27/h2-7,12,24H,9-11,23H2,1H3,(H,25,26). The molecule has 0 saturated carbocycles. The summed E-state index contributed by atoms with van der Waals surface area (Å²) in [5.41, 5.74) is 7.83. The molecule has 4 N–H and O–H groups in total. The molecule has 1 aliphatic heterocycles. The lowest BCUT2D eigenvalue weighted by atomic mass is 9.98. The summed E-state index contributed by atoms with van der Waals surface area (Å²) in [6, 6.07) is 10.0. The first-order chi connectivity index (χ1) is 13.3. The number of pyridine rings is 1. The molecule has 0 bridgehead atoms. The molecule has 2 aromatic rings. The van der Waals surface area contributed by atoms with Gasteiger partial charge in [-0.05, 0) is 30.3 Å². The molecule has 1 aromatic heterocycles. The Labute approximate surface area is 161 Å².